The Morgan fingerprint density at radius 3 is 2.50 bits per heavy atom. The van der Waals surface area contributed by atoms with Gasteiger partial charge in [0.1, 0.15) is 5.75 Å². The second-order valence-electron chi connectivity index (χ2n) is 4.05. The SMILES string of the molecule is CCOc1ccc(C(=O)c2cnn(C)c2C)cc1. The molecule has 0 atom stereocenters. The van der Waals surface area contributed by atoms with Crippen molar-refractivity contribution in [1.82, 2.24) is 9.78 Å². The molecule has 0 spiro atoms. The molecule has 1 heterocycles. The molecule has 2 rings (SSSR count). The molecule has 0 aliphatic heterocycles. The van der Waals surface area contributed by atoms with E-state index < -0.39 is 0 Å². The van der Waals surface area contributed by atoms with Crippen molar-refractivity contribution in [2.45, 2.75) is 13.8 Å². The van der Waals surface area contributed by atoms with Gasteiger partial charge in [0.05, 0.1) is 18.4 Å². The highest BCUT2D eigenvalue weighted by Crippen LogP contribution is 2.17. The van der Waals surface area contributed by atoms with E-state index in [2.05, 4.69) is 5.10 Å². The molecule has 0 aliphatic rings. The Kier molecular flexibility index (Phi) is 3.46. The van der Waals surface area contributed by atoms with Crippen molar-refractivity contribution >= 4 is 5.78 Å². The molecule has 2 aromatic rings. The Morgan fingerprint density at radius 1 is 1.33 bits per heavy atom. The van der Waals surface area contributed by atoms with Crippen molar-refractivity contribution in [1.29, 1.82) is 0 Å². The van der Waals surface area contributed by atoms with Crippen molar-refractivity contribution in [3.8, 4) is 5.75 Å². The molecule has 0 bridgehead atoms. The van der Waals surface area contributed by atoms with Gasteiger partial charge in [-0.15, -0.1) is 0 Å². The molecular formula is C14H16N2O2. The average molecular weight is 244 g/mol. The van der Waals surface area contributed by atoms with Crippen LogP contribution >= 0.6 is 0 Å². The number of aryl methyl sites for hydroxylation is 1. The van der Waals surface area contributed by atoms with E-state index in [9.17, 15) is 4.79 Å². The lowest BCUT2D eigenvalue weighted by Crippen LogP contribution is -2.03. The quantitative estimate of drug-likeness (QED) is 0.775. The van der Waals surface area contributed by atoms with E-state index in [1.807, 2.05) is 33.0 Å². The van der Waals surface area contributed by atoms with E-state index in [1.54, 1.807) is 23.0 Å². The number of benzene rings is 1. The Hall–Kier alpha value is -2.10. The fourth-order valence-electron chi connectivity index (χ4n) is 1.75. The van der Waals surface area contributed by atoms with E-state index in [1.165, 1.54) is 0 Å². The Bertz CT molecular complexity index is 556. The number of carbonyl (C=O) groups is 1. The van der Waals surface area contributed by atoms with Crippen LogP contribution in [0.4, 0.5) is 0 Å². The highest BCUT2D eigenvalue weighted by atomic mass is 16.5. The maximum Gasteiger partial charge on any atom is 0.196 e. The second kappa shape index (κ2) is 5.04. The third-order valence-electron chi connectivity index (χ3n) is 2.91. The van der Waals surface area contributed by atoms with Crippen LogP contribution in [0.15, 0.2) is 30.5 Å². The summed E-state index contributed by atoms with van der Waals surface area (Å²) in [5.74, 6) is 0.764. The van der Waals surface area contributed by atoms with Crippen molar-refractivity contribution in [2.24, 2.45) is 7.05 Å². The van der Waals surface area contributed by atoms with Crippen LogP contribution in [0.2, 0.25) is 0 Å². The third kappa shape index (κ3) is 2.27. The summed E-state index contributed by atoms with van der Waals surface area (Å²) in [5, 5.41) is 4.08. The number of nitrogens with zero attached hydrogens (tertiary/aromatic N) is 2. The number of ketones is 1. The van der Waals surface area contributed by atoms with E-state index in [4.69, 9.17) is 4.74 Å². The lowest BCUT2D eigenvalue weighted by atomic mass is 10.0. The van der Waals surface area contributed by atoms with E-state index in [0.29, 0.717) is 17.7 Å². The molecule has 4 nitrogen and oxygen atoms in total. The monoisotopic (exact) mass is 244 g/mol. The summed E-state index contributed by atoms with van der Waals surface area (Å²) >= 11 is 0. The predicted octanol–water partition coefficient (Wildman–Crippen LogP) is 2.36. The number of hydrogen-bond acceptors (Lipinski definition) is 3. The fraction of sp³-hybridized carbons (Fsp3) is 0.286. The minimum Gasteiger partial charge on any atom is -0.494 e. The number of rotatable bonds is 4. The Morgan fingerprint density at radius 2 is 2.00 bits per heavy atom. The van der Waals surface area contributed by atoms with Crippen molar-refractivity contribution in [2.75, 3.05) is 6.61 Å². The summed E-state index contributed by atoms with van der Waals surface area (Å²) in [7, 11) is 1.82. The molecule has 0 aliphatic carbocycles. The minimum absolute atomic E-state index is 0.0105. The van der Waals surface area contributed by atoms with Gasteiger partial charge in [0, 0.05) is 18.3 Å². The van der Waals surface area contributed by atoms with Crippen LogP contribution in [0.25, 0.3) is 0 Å². The van der Waals surface area contributed by atoms with Crippen molar-refractivity contribution in [3.05, 3.63) is 47.3 Å². The van der Waals surface area contributed by atoms with Gasteiger partial charge in [-0.05, 0) is 38.1 Å². The van der Waals surface area contributed by atoms with Crippen LogP contribution in [0, 0.1) is 6.92 Å². The van der Waals surface area contributed by atoms with Gasteiger partial charge in [0.2, 0.25) is 0 Å². The van der Waals surface area contributed by atoms with E-state index in [-0.39, 0.29) is 5.78 Å². The molecular weight excluding hydrogens is 228 g/mol. The average Bonchev–Trinajstić information content (AvgIpc) is 2.71. The first-order chi connectivity index (χ1) is 8.63. The van der Waals surface area contributed by atoms with Gasteiger partial charge in [0.25, 0.3) is 0 Å². The summed E-state index contributed by atoms with van der Waals surface area (Å²) in [6.07, 6.45) is 1.61. The first kappa shape index (κ1) is 12.4. The van der Waals surface area contributed by atoms with Gasteiger partial charge in [-0.2, -0.15) is 5.10 Å². The fourth-order valence-corrected chi connectivity index (χ4v) is 1.75. The lowest BCUT2D eigenvalue weighted by Gasteiger charge is -2.04. The standard InChI is InChI=1S/C14H16N2O2/c1-4-18-12-7-5-11(6-8-12)14(17)13-9-15-16(3)10(13)2/h5-9H,4H2,1-3H3. The highest BCUT2D eigenvalue weighted by Gasteiger charge is 2.14. The first-order valence-corrected chi connectivity index (χ1v) is 5.89. The molecule has 0 unspecified atom stereocenters. The van der Waals surface area contributed by atoms with Crippen molar-refractivity contribution in [3.63, 3.8) is 0 Å². The van der Waals surface area contributed by atoms with Crippen molar-refractivity contribution < 1.29 is 9.53 Å². The molecule has 0 radical (unpaired) electrons. The summed E-state index contributed by atoms with van der Waals surface area (Å²) in [5.41, 5.74) is 2.16. The first-order valence-electron chi connectivity index (χ1n) is 5.89. The topological polar surface area (TPSA) is 44.1 Å². The minimum atomic E-state index is -0.0105. The Balaban J connectivity index is 2.26. The molecule has 0 N–H and O–H groups in total. The summed E-state index contributed by atoms with van der Waals surface area (Å²) < 4.78 is 7.04. The van der Waals surface area contributed by atoms with Gasteiger partial charge in [-0.1, -0.05) is 0 Å². The molecule has 94 valence electrons. The maximum atomic E-state index is 12.3. The molecule has 0 fully saturated rings. The normalized spacial score (nSPS) is 10.4. The smallest absolute Gasteiger partial charge is 0.196 e. The number of hydrogen-bond donors (Lipinski definition) is 0. The van der Waals surface area contributed by atoms with Crippen LogP contribution in [-0.4, -0.2) is 22.2 Å². The predicted molar refractivity (Wildman–Crippen MR) is 69.0 cm³/mol. The summed E-state index contributed by atoms with van der Waals surface area (Å²) in [6, 6.07) is 7.17. The molecule has 1 aromatic carbocycles. The van der Waals surface area contributed by atoms with E-state index >= 15 is 0 Å². The Labute approximate surface area is 106 Å². The van der Waals surface area contributed by atoms with Gasteiger partial charge in [0.15, 0.2) is 5.78 Å². The molecule has 1 aromatic heterocycles. The summed E-state index contributed by atoms with van der Waals surface area (Å²) in [6.45, 7) is 4.43. The van der Waals surface area contributed by atoms with Crippen LogP contribution in [0.5, 0.6) is 5.75 Å². The number of ether oxygens (including phenoxy) is 1. The largest absolute Gasteiger partial charge is 0.494 e. The molecule has 0 saturated carbocycles. The lowest BCUT2D eigenvalue weighted by molar-refractivity contribution is 0.103. The van der Waals surface area contributed by atoms with Crippen LogP contribution in [-0.2, 0) is 7.05 Å². The van der Waals surface area contributed by atoms with Crippen LogP contribution < -0.4 is 4.74 Å². The van der Waals surface area contributed by atoms with E-state index in [0.717, 1.165) is 11.4 Å². The molecule has 0 amide bonds. The zero-order chi connectivity index (χ0) is 13.1. The maximum absolute atomic E-state index is 12.3. The number of carbonyl (C=O) groups excluding carboxylic acids is 1. The van der Waals surface area contributed by atoms with Crippen LogP contribution in [0.3, 0.4) is 0 Å². The van der Waals surface area contributed by atoms with Gasteiger partial charge < -0.3 is 4.74 Å². The van der Waals surface area contributed by atoms with Crippen LogP contribution in [0.1, 0.15) is 28.5 Å². The summed E-state index contributed by atoms with van der Waals surface area (Å²) in [4.78, 5) is 12.3. The molecule has 18 heavy (non-hydrogen) atoms. The number of aromatic nitrogens is 2. The van der Waals surface area contributed by atoms with Gasteiger partial charge in [-0.3, -0.25) is 9.48 Å². The zero-order valence-electron chi connectivity index (χ0n) is 10.8. The molecule has 4 heteroatoms. The van der Waals surface area contributed by atoms with Gasteiger partial charge >= 0.3 is 0 Å². The zero-order valence-corrected chi connectivity index (χ0v) is 10.8. The van der Waals surface area contributed by atoms with Gasteiger partial charge in [-0.25, -0.2) is 0 Å². The third-order valence-corrected chi connectivity index (χ3v) is 2.91. The highest BCUT2D eigenvalue weighted by molar-refractivity contribution is 6.09. The second-order valence-corrected chi connectivity index (χ2v) is 4.05. The molecule has 0 saturated heterocycles.